The Morgan fingerprint density at radius 3 is 2.42 bits per heavy atom. The Morgan fingerprint density at radius 1 is 1.05 bits per heavy atom. The molecule has 1 aliphatic rings. The molecule has 0 saturated heterocycles. The van der Waals surface area contributed by atoms with Crippen LogP contribution in [0.25, 0.3) is 0 Å². The van der Waals surface area contributed by atoms with Crippen LogP contribution in [0.5, 0.6) is 5.75 Å². The molecule has 1 atom stereocenters. The first kappa shape index (κ1) is 29.1. The number of rotatable bonds is 9. The van der Waals surface area contributed by atoms with Gasteiger partial charge in [-0.2, -0.15) is 18.3 Å². The minimum atomic E-state index is -4.53. The summed E-state index contributed by atoms with van der Waals surface area (Å²) < 4.78 is 49.4. The van der Waals surface area contributed by atoms with Crippen LogP contribution in [0, 0.1) is 0 Å². The highest BCUT2D eigenvalue weighted by Crippen LogP contribution is 2.37. The minimum absolute atomic E-state index is 0.0153. The van der Waals surface area contributed by atoms with Gasteiger partial charge in [-0.15, -0.1) is 0 Å². The topological polar surface area (TPSA) is 71.4 Å². The van der Waals surface area contributed by atoms with Gasteiger partial charge in [0.25, 0.3) is 11.8 Å². The van der Waals surface area contributed by atoms with Gasteiger partial charge >= 0.3 is 6.18 Å². The third-order valence-corrected chi connectivity index (χ3v) is 6.82. The van der Waals surface area contributed by atoms with Crippen LogP contribution in [0.1, 0.15) is 39.5 Å². The predicted molar refractivity (Wildman–Crippen MR) is 144 cm³/mol. The fourth-order valence-corrected chi connectivity index (χ4v) is 4.64. The van der Waals surface area contributed by atoms with Crippen molar-refractivity contribution in [1.82, 2.24) is 9.91 Å². The lowest BCUT2D eigenvalue weighted by Gasteiger charge is -2.27. The number of hydrogen-bond donors (Lipinski definition) is 0. The molecule has 7 nitrogen and oxygen atoms in total. The largest absolute Gasteiger partial charge is 0.497 e. The molecule has 0 aromatic heterocycles. The van der Waals surface area contributed by atoms with Crippen molar-refractivity contribution in [2.45, 2.75) is 18.6 Å². The van der Waals surface area contributed by atoms with Gasteiger partial charge in [-0.25, -0.2) is 5.01 Å². The predicted octanol–water partition coefficient (Wildman–Crippen LogP) is 5.83. The van der Waals surface area contributed by atoms with Gasteiger partial charge in [0.05, 0.1) is 31.0 Å². The van der Waals surface area contributed by atoms with E-state index in [1.165, 1.54) is 17.0 Å². The molecule has 0 bridgehead atoms. The maximum Gasteiger partial charge on any atom is 0.416 e. The monoisotopic (exact) mass is 573 g/mol. The normalized spacial score (nSPS) is 15.1. The van der Waals surface area contributed by atoms with Gasteiger partial charge in [-0.3, -0.25) is 9.59 Å². The Hall–Kier alpha value is -3.89. The van der Waals surface area contributed by atoms with E-state index in [2.05, 4.69) is 5.10 Å². The number of hydrogen-bond acceptors (Lipinski definition) is 5. The van der Waals surface area contributed by atoms with Crippen molar-refractivity contribution >= 4 is 29.1 Å². The first-order valence-electron chi connectivity index (χ1n) is 12.4. The second-order valence-electron chi connectivity index (χ2n) is 9.05. The summed E-state index contributed by atoms with van der Waals surface area (Å²) >= 11 is 6.50. The summed E-state index contributed by atoms with van der Waals surface area (Å²) in [5.74, 6) is -0.462. The SMILES string of the molecule is COCCN(CC(=O)N1N=C(c2cccc(OC)c2)C[C@@H]1c1ccccc1Cl)C(=O)c1ccc(C(F)(F)F)cc1. The zero-order valence-corrected chi connectivity index (χ0v) is 22.6. The van der Waals surface area contributed by atoms with Gasteiger partial charge in [0, 0.05) is 36.2 Å². The number of carbonyl (C=O) groups is 2. The standard InChI is InChI=1S/C29H27ClF3N3O4/c1-39-15-14-35(28(38)19-10-12-21(13-11-19)29(31,32)33)18-27(37)36-26(23-8-3-4-9-24(23)30)17-25(34-36)20-6-5-7-22(16-20)40-2/h3-13,16,26H,14-15,17-18H2,1-2H3/t26-/m1/s1. The molecule has 0 saturated carbocycles. The third-order valence-electron chi connectivity index (χ3n) is 6.47. The maximum atomic E-state index is 13.7. The lowest BCUT2D eigenvalue weighted by Crippen LogP contribution is -2.42. The van der Waals surface area contributed by atoms with E-state index in [0.717, 1.165) is 29.8 Å². The van der Waals surface area contributed by atoms with E-state index in [9.17, 15) is 22.8 Å². The lowest BCUT2D eigenvalue weighted by atomic mass is 9.98. The molecule has 11 heteroatoms. The average Bonchev–Trinajstić information content (AvgIpc) is 3.40. The fourth-order valence-electron chi connectivity index (χ4n) is 4.38. The molecule has 40 heavy (non-hydrogen) atoms. The summed E-state index contributed by atoms with van der Waals surface area (Å²) in [4.78, 5) is 28.2. The van der Waals surface area contributed by atoms with Crippen LogP contribution in [-0.2, 0) is 15.7 Å². The summed E-state index contributed by atoms with van der Waals surface area (Å²) in [5, 5.41) is 6.41. The van der Waals surface area contributed by atoms with Crippen molar-refractivity contribution in [3.05, 3.63) is 100 Å². The molecule has 0 fully saturated rings. The van der Waals surface area contributed by atoms with E-state index < -0.39 is 29.6 Å². The molecule has 0 aliphatic carbocycles. The quantitative estimate of drug-likeness (QED) is 0.323. The van der Waals surface area contributed by atoms with E-state index in [1.54, 1.807) is 25.3 Å². The zero-order chi connectivity index (χ0) is 28.9. The van der Waals surface area contributed by atoms with E-state index in [4.69, 9.17) is 21.1 Å². The molecule has 3 aromatic carbocycles. The average molecular weight is 574 g/mol. The van der Waals surface area contributed by atoms with E-state index in [-0.39, 0.29) is 25.3 Å². The second-order valence-corrected chi connectivity index (χ2v) is 9.46. The van der Waals surface area contributed by atoms with Crippen molar-refractivity contribution < 1.29 is 32.2 Å². The van der Waals surface area contributed by atoms with E-state index >= 15 is 0 Å². The van der Waals surface area contributed by atoms with Crippen molar-refractivity contribution in [3.63, 3.8) is 0 Å². The Kier molecular flexibility index (Phi) is 9.11. The highest BCUT2D eigenvalue weighted by molar-refractivity contribution is 6.31. The van der Waals surface area contributed by atoms with Gasteiger partial charge in [0.15, 0.2) is 0 Å². The van der Waals surface area contributed by atoms with Gasteiger partial charge in [0.1, 0.15) is 12.3 Å². The summed E-state index contributed by atoms with van der Waals surface area (Å²) in [6, 6.07) is 17.8. The summed E-state index contributed by atoms with van der Waals surface area (Å²) in [6.45, 7) is -0.218. The number of halogens is 4. The molecule has 0 radical (unpaired) electrons. The smallest absolute Gasteiger partial charge is 0.416 e. The molecule has 3 aromatic rings. The second kappa shape index (κ2) is 12.5. The molecule has 210 valence electrons. The van der Waals surface area contributed by atoms with Crippen LogP contribution < -0.4 is 4.74 Å². The Balaban J connectivity index is 1.63. The molecule has 1 aliphatic heterocycles. The number of benzene rings is 3. The van der Waals surface area contributed by atoms with Gasteiger partial charge in [-0.1, -0.05) is 41.9 Å². The molecule has 1 heterocycles. The summed E-state index contributed by atoms with van der Waals surface area (Å²) in [5.41, 5.74) is 1.24. The summed E-state index contributed by atoms with van der Waals surface area (Å²) in [7, 11) is 3.00. The van der Waals surface area contributed by atoms with E-state index in [0.29, 0.717) is 28.5 Å². The first-order chi connectivity index (χ1) is 19.1. The fraction of sp³-hybridized carbons (Fsp3) is 0.276. The molecule has 0 spiro atoms. The van der Waals surface area contributed by atoms with Crippen molar-refractivity contribution in [2.24, 2.45) is 5.10 Å². The number of carbonyl (C=O) groups excluding carboxylic acids is 2. The van der Waals surface area contributed by atoms with Gasteiger partial charge in [0.2, 0.25) is 0 Å². The van der Waals surface area contributed by atoms with Crippen molar-refractivity contribution in [1.29, 1.82) is 0 Å². The van der Waals surface area contributed by atoms with Gasteiger partial charge in [-0.05, 0) is 48.0 Å². The number of methoxy groups -OCH3 is 2. The molecular formula is C29H27ClF3N3O4. The molecule has 0 unspecified atom stereocenters. The lowest BCUT2D eigenvalue weighted by molar-refractivity contribution is -0.137. The van der Waals surface area contributed by atoms with Crippen molar-refractivity contribution in [2.75, 3.05) is 33.9 Å². The highest BCUT2D eigenvalue weighted by atomic mass is 35.5. The van der Waals surface area contributed by atoms with Crippen molar-refractivity contribution in [3.8, 4) is 5.75 Å². The van der Waals surface area contributed by atoms with Crippen LogP contribution in [0.15, 0.2) is 77.9 Å². The van der Waals surface area contributed by atoms with Crippen LogP contribution >= 0.6 is 11.6 Å². The van der Waals surface area contributed by atoms with Crippen LogP contribution in [0.2, 0.25) is 5.02 Å². The number of hydrazone groups is 1. The summed E-state index contributed by atoms with van der Waals surface area (Å²) in [6.07, 6.45) is -4.16. The minimum Gasteiger partial charge on any atom is -0.497 e. The molecular weight excluding hydrogens is 547 g/mol. The van der Waals surface area contributed by atoms with Crippen LogP contribution in [0.3, 0.4) is 0 Å². The number of nitrogens with zero attached hydrogens (tertiary/aromatic N) is 3. The highest BCUT2D eigenvalue weighted by Gasteiger charge is 2.36. The Bertz CT molecular complexity index is 1400. The van der Waals surface area contributed by atoms with Crippen LogP contribution in [-0.4, -0.2) is 61.4 Å². The number of amides is 2. The zero-order valence-electron chi connectivity index (χ0n) is 21.8. The first-order valence-corrected chi connectivity index (χ1v) is 12.7. The van der Waals surface area contributed by atoms with E-state index in [1.807, 2.05) is 30.3 Å². The maximum absolute atomic E-state index is 13.7. The third kappa shape index (κ3) is 6.63. The number of alkyl halides is 3. The molecule has 0 N–H and O–H groups in total. The number of ether oxygens (including phenoxy) is 2. The Morgan fingerprint density at radius 2 is 1.77 bits per heavy atom. The Labute approximate surface area is 234 Å². The van der Waals surface area contributed by atoms with Crippen LogP contribution in [0.4, 0.5) is 13.2 Å². The molecule has 4 rings (SSSR count). The van der Waals surface area contributed by atoms with Gasteiger partial charge < -0.3 is 14.4 Å². The molecule has 2 amide bonds.